The van der Waals surface area contributed by atoms with Gasteiger partial charge in [0.05, 0.1) is 22.4 Å². The fraction of sp³-hybridized carbons (Fsp3) is 0.207. The van der Waals surface area contributed by atoms with Crippen molar-refractivity contribution >= 4 is 57.8 Å². The topological polar surface area (TPSA) is 70.4 Å². The van der Waals surface area contributed by atoms with Crippen LogP contribution in [0.5, 0.6) is 0 Å². The largest absolute Gasteiger partial charge is 0.459 e. The van der Waals surface area contributed by atoms with E-state index < -0.39 is 0 Å². The van der Waals surface area contributed by atoms with Crippen molar-refractivity contribution in [3.63, 3.8) is 0 Å². The van der Waals surface area contributed by atoms with Gasteiger partial charge < -0.3 is 20.0 Å². The maximum Gasteiger partial charge on any atom is 0.226 e. The van der Waals surface area contributed by atoms with Gasteiger partial charge in [-0.05, 0) is 73.2 Å². The average Bonchev–Trinajstić information content (AvgIpc) is 3.52. The third kappa shape index (κ3) is 5.14. The number of furan rings is 1. The van der Waals surface area contributed by atoms with E-state index >= 15 is 0 Å². The average molecular weight is 566 g/mol. The highest BCUT2D eigenvalue weighted by Crippen LogP contribution is 2.44. The molecule has 1 amide bonds. The molecule has 0 saturated carbocycles. The second-order valence-electron chi connectivity index (χ2n) is 9.47. The van der Waals surface area contributed by atoms with E-state index in [1.807, 2.05) is 80.3 Å². The number of halogens is 2. The molecule has 1 aliphatic heterocycles. The zero-order chi connectivity index (χ0) is 27.0. The number of aromatic nitrogens is 1. The molecule has 194 valence electrons. The summed E-state index contributed by atoms with van der Waals surface area (Å²) in [4.78, 5) is 18.8. The van der Waals surface area contributed by atoms with Crippen LogP contribution in [-0.2, 0) is 4.79 Å². The number of benzene rings is 2. The Morgan fingerprint density at radius 1 is 1.08 bits per heavy atom. The second-order valence-corrected chi connectivity index (χ2v) is 10.7. The Hall–Kier alpha value is -3.39. The van der Waals surface area contributed by atoms with Gasteiger partial charge in [0.2, 0.25) is 5.91 Å². The number of nitrogens with one attached hydrogen (secondary N) is 2. The molecule has 2 aromatic heterocycles. The van der Waals surface area contributed by atoms with Crippen LogP contribution >= 0.6 is 35.4 Å². The van der Waals surface area contributed by atoms with Gasteiger partial charge in [0.1, 0.15) is 17.6 Å². The molecular formula is C29H26Cl2N4O2S. The fourth-order valence-electron chi connectivity index (χ4n) is 4.37. The zero-order valence-corrected chi connectivity index (χ0v) is 23.4. The molecule has 2 atom stereocenters. The third-order valence-electron chi connectivity index (χ3n) is 6.49. The Balaban J connectivity index is 1.55. The van der Waals surface area contributed by atoms with E-state index in [9.17, 15) is 4.79 Å². The highest BCUT2D eigenvalue weighted by molar-refractivity contribution is 7.80. The number of rotatable bonds is 6. The van der Waals surface area contributed by atoms with Crippen LogP contribution in [0.4, 0.5) is 11.4 Å². The standard InChI is InChI=1S/C29H26Cl2N4O2S/c1-16(2)28(36)33-22-10-9-19(15-21(22)31)35-27(26(34-29(35)38)23-6-4-5-13-32-23)25-12-11-24(37-25)18-8-7-17(3)20(30)14-18/h4-16,26-27H,1-3H3,(H,33,36)(H,34,38)/t26-,27+/m0/s1. The molecule has 1 saturated heterocycles. The zero-order valence-electron chi connectivity index (χ0n) is 21.0. The molecule has 0 radical (unpaired) electrons. The number of aryl methyl sites for hydroxylation is 1. The first-order valence-corrected chi connectivity index (χ1v) is 13.4. The molecule has 0 aliphatic carbocycles. The number of nitrogens with zero attached hydrogens (tertiary/aromatic N) is 2. The lowest BCUT2D eigenvalue weighted by Gasteiger charge is -2.26. The van der Waals surface area contributed by atoms with Gasteiger partial charge in [-0.1, -0.05) is 55.2 Å². The van der Waals surface area contributed by atoms with Gasteiger partial charge in [-0.2, -0.15) is 0 Å². The quantitative estimate of drug-likeness (QED) is 0.233. The van der Waals surface area contributed by atoms with Crippen molar-refractivity contribution in [2.75, 3.05) is 10.2 Å². The molecule has 5 rings (SSSR count). The van der Waals surface area contributed by atoms with E-state index in [0.29, 0.717) is 32.4 Å². The third-order valence-corrected chi connectivity index (χ3v) is 7.52. The number of carbonyl (C=O) groups excluding carboxylic acids is 1. The number of carbonyl (C=O) groups is 1. The summed E-state index contributed by atoms with van der Waals surface area (Å²) in [6, 6.07) is 20.3. The molecule has 9 heteroatoms. The van der Waals surface area contributed by atoms with Gasteiger partial charge in [-0.25, -0.2) is 0 Å². The molecule has 0 bridgehead atoms. The summed E-state index contributed by atoms with van der Waals surface area (Å²) in [5.74, 6) is 1.13. The van der Waals surface area contributed by atoms with E-state index in [-0.39, 0.29) is 23.9 Å². The van der Waals surface area contributed by atoms with Gasteiger partial charge >= 0.3 is 0 Å². The Kier molecular flexibility index (Phi) is 7.43. The van der Waals surface area contributed by atoms with Crippen LogP contribution in [-0.4, -0.2) is 16.0 Å². The molecule has 0 unspecified atom stereocenters. The first-order chi connectivity index (χ1) is 18.2. The van der Waals surface area contributed by atoms with Crippen LogP contribution in [0.25, 0.3) is 11.3 Å². The predicted octanol–water partition coefficient (Wildman–Crippen LogP) is 7.73. The summed E-state index contributed by atoms with van der Waals surface area (Å²) >= 11 is 18.8. The van der Waals surface area contributed by atoms with Crippen molar-refractivity contribution in [2.45, 2.75) is 32.9 Å². The van der Waals surface area contributed by atoms with E-state index in [2.05, 4.69) is 15.6 Å². The van der Waals surface area contributed by atoms with E-state index in [0.717, 1.165) is 22.5 Å². The molecule has 1 fully saturated rings. The second kappa shape index (κ2) is 10.8. The summed E-state index contributed by atoms with van der Waals surface area (Å²) in [7, 11) is 0. The summed E-state index contributed by atoms with van der Waals surface area (Å²) in [6.07, 6.45) is 1.75. The van der Waals surface area contributed by atoms with Gasteiger partial charge in [-0.3, -0.25) is 9.78 Å². The van der Waals surface area contributed by atoms with Crippen molar-refractivity contribution in [3.05, 3.63) is 100.0 Å². The lowest BCUT2D eigenvalue weighted by Crippen LogP contribution is -2.29. The molecule has 1 aliphatic rings. The number of hydrogen-bond donors (Lipinski definition) is 2. The predicted molar refractivity (Wildman–Crippen MR) is 157 cm³/mol. The minimum atomic E-state index is -0.348. The maximum absolute atomic E-state index is 12.2. The van der Waals surface area contributed by atoms with Crippen LogP contribution in [0.3, 0.4) is 0 Å². The van der Waals surface area contributed by atoms with E-state index in [1.165, 1.54) is 0 Å². The highest BCUT2D eigenvalue weighted by Gasteiger charge is 2.42. The monoisotopic (exact) mass is 564 g/mol. The van der Waals surface area contributed by atoms with Gasteiger partial charge in [-0.15, -0.1) is 0 Å². The number of hydrogen-bond acceptors (Lipinski definition) is 4. The van der Waals surface area contributed by atoms with Crippen LogP contribution in [0, 0.1) is 12.8 Å². The van der Waals surface area contributed by atoms with Crippen LogP contribution in [0.15, 0.2) is 77.3 Å². The first kappa shape index (κ1) is 26.2. The molecule has 38 heavy (non-hydrogen) atoms. The normalized spacial score (nSPS) is 17.1. The van der Waals surface area contributed by atoms with Gasteiger partial charge in [0, 0.05) is 28.4 Å². The van der Waals surface area contributed by atoms with Crippen molar-refractivity contribution < 1.29 is 9.21 Å². The maximum atomic E-state index is 12.2. The number of anilines is 2. The Bertz CT molecular complexity index is 1510. The smallest absolute Gasteiger partial charge is 0.226 e. The Labute approximate surface area is 237 Å². The van der Waals surface area contributed by atoms with Gasteiger partial charge in [0.25, 0.3) is 0 Å². The Morgan fingerprint density at radius 2 is 1.89 bits per heavy atom. The molecule has 4 aromatic rings. The van der Waals surface area contributed by atoms with Gasteiger partial charge in [0.15, 0.2) is 5.11 Å². The molecule has 2 aromatic carbocycles. The summed E-state index contributed by atoms with van der Waals surface area (Å²) in [6.45, 7) is 5.62. The minimum Gasteiger partial charge on any atom is -0.459 e. The summed E-state index contributed by atoms with van der Waals surface area (Å²) < 4.78 is 6.42. The van der Waals surface area contributed by atoms with Crippen LogP contribution in [0.2, 0.25) is 10.0 Å². The molecule has 0 spiro atoms. The Morgan fingerprint density at radius 3 is 2.58 bits per heavy atom. The van der Waals surface area contributed by atoms with E-state index in [4.69, 9.17) is 39.8 Å². The molecule has 2 N–H and O–H groups in total. The number of amides is 1. The highest BCUT2D eigenvalue weighted by atomic mass is 35.5. The fourth-order valence-corrected chi connectivity index (χ4v) is 5.12. The summed E-state index contributed by atoms with van der Waals surface area (Å²) in [5, 5.41) is 7.88. The lowest BCUT2D eigenvalue weighted by atomic mass is 10.0. The first-order valence-electron chi connectivity index (χ1n) is 12.2. The van der Waals surface area contributed by atoms with Crippen LogP contribution < -0.4 is 15.5 Å². The lowest BCUT2D eigenvalue weighted by molar-refractivity contribution is -0.118. The van der Waals surface area contributed by atoms with Crippen molar-refractivity contribution in [1.82, 2.24) is 10.3 Å². The van der Waals surface area contributed by atoms with E-state index in [1.54, 1.807) is 18.3 Å². The minimum absolute atomic E-state index is 0.106. The SMILES string of the molecule is Cc1ccc(-c2ccc([C@@H]3[C@H](c4ccccn4)NC(=S)N3c3ccc(NC(=O)C(C)C)c(Cl)c3)o2)cc1Cl. The van der Waals surface area contributed by atoms with Crippen LogP contribution in [0.1, 0.15) is 42.9 Å². The number of pyridine rings is 1. The molecule has 6 nitrogen and oxygen atoms in total. The van der Waals surface area contributed by atoms with Crippen molar-refractivity contribution in [2.24, 2.45) is 5.92 Å². The van der Waals surface area contributed by atoms with Crippen molar-refractivity contribution in [1.29, 1.82) is 0 Å². The molecular weight excluding hydrogens is 539 g/mol. The summed E-state index contributed by atoms with van der Waals surface area (Å²) in [5.41, 5.74) is 4.01. The number of thiocarbonyl (C=S) groups is 1. The molecule has 3 heterocycles. The van der Waals surface area contributed by atoms with Crippen molar-refractivity contribution in [3.8, 4) is 11.3 Å².